The lowest BCUT2D eigenvalue weighted by Gasteiger charge is -2.31. The van der Waals surface area contributed by atoms with E-state index in [1.165, 1.54) is 4.31 Å². The number of ether oxygens (including phenoxy) is 1. The van der Waals surface area contributed by atoms with Crippen LogP contribution in [0.15, 0.2) is 47.4 Å². The molecule has 29 heavy (non-hydrogen) atoms. The van der Waals surface area contributed by atoms with Gasteiger partial charge in [0.1, 0.15) is 0 Å². The number of hydrogen-bond donors (Lipinski definition) is 2. The van der Waals surface area contributed by atoms with Crippen LogP contribution in [0.3, 0.4) is 0 Å². The highest BCUT2D eigenvalue weighted by molar-refractivity contribution is 7.89. The molecule has 0 aromatic heterocycles. The van der Waals surface area contributed by atoms with Crippen LogP contribution in [0.5, 0.6) is 0 Å². The number of hydrogen-bond acceptors (Lipinski definition) is 4. The van der Waals surface area contributed by atoms with Gasteiger partial charge in [-0.05, 0) is 35.7 Å². The van der Waals surface area contributed by atoms with E-state index in [0.29, 0.717) is 44.2 Å². The number of quaternary nitrogens is 1. The Hall–Kier alpha value is -2.00. The molecule has 2 fully saturated rings. The molecule has 0 spiro atoms. The first kappa shape index (κ1) is 20.3. The van der Waals surface area contributed by atoms with Gasteiger partial charge in [-0.15, -0.1) is 0 Å². The summed E-state index contributed by atoms with van der Waals surface area (Å²) in [7, 11) is -3.52. The van der Waals surface area contributed by atoms with Crippen molar-refractivity contribution in [2.45, 2.75) is 23.8 Å². The first-order valence-electron chi connectivity index (χ1n) is 10.2. The minimum Gasteiger partial charge on any atom is -0.376 e. The number of nitrogens with zero attached hydrogens (tertiary/aromatic N) is 1. The van der Waals surface area contributed by atoms with Crippen molar-refractivity contribution in [2.24, 2.45) is 0 Å². The first-order valence-corrected chi connectivity index (χ1v) is 11.7. The van der Waals surface area contributed by atoms with Crippen molar-refractivity contribution in [1.82, 2.24) is 9.62 Å². The summed E-state index contributed by atoms with van der Waals surface area (Å²) in [6.07, 6.45) is 2.19. The van der Waals surface area contributed by atoms with Gasteiger partial charge in [0.05, 0.1) is 37.2 Å². The van der Waals surface area contributed by atoms with Crippen molar-refractivity contribution in [1.29, 1.82) is 0 Å². The zero-order valence-electron chi connectivity index (χ0n) is 16.5. The molecule has 1 atom stereocenters. The molecule has 0 bridgehead atoms. The number of nitrogens with one attached hydrogen (secondary N) is 2. The van der Waals surface area contributed by atoms with Gasteiger partial charge in [-0.2, -0.15) is 4.31 Å². The Morgan fingerprint density at radius 1 is 1.14 bits per heavy atom. The van der Waals surface area contributed by atoms with Gasteiger partial charge in [0, 0.05) is 13.2 Å². The zero-order valence-corrected chi connectivity index (χ0v) is 17.3. The van der Waals surface area contributed by atoms with Crippen LogP contribution in [0.25, 0.3) is 10.8 Å². The van der Waals surface area contributed by atoms with E-state index in [1.54, 1.807) is 12.1 Å². The molecule has 7 nitrogen and oxygen atoms in total. The summed E-state index contributed by atoms with van der Waals surface area (Å²) in [4.78, 5) is 13.6. The van der Waals surface area contributed by atoms with Gasteiger partial charge in [0.15, 0.2) is 6.54 Å². The number of rotatable bonds is 6. The smallest absolute Gasteiger partial charge is 0.275 e. The Labute approximate surface area is 171 Å². The minimum atomic E-state index is -3.52. The molecular weight excluding hydrogens is 390 g/mol. The molecule has 2 aromatic rings. The van der Waals surface area contributed by atoms with Crippen LogP contribution in [0, 0.1) is 0 Å². The highest BCUT2D eigenvalue weighted by Gasteiger charge is 2.31. The molecule has 2 saturated heterocycles. The molecule has 2 heterocycles. The Morgan fingerprint density at radius 3 is 2.62 bits per heavy atom. The second-order valence-electron chi connectivity index (χ2n) is 7.78. The van der Waals surface area contributed by atoms with Gasteiger partial charge in [-0.25, -0.2) is 8.42 Å². The minimum absolute atomic E-state index is 0.00124. The van der Waals surface area contributed by atoms with Crippen molar-refractivity contribution >= 4 is 26.7 Å². The lowest BCUT2D eigenvalue weighted by Crippen LogP contribution is -3.15. The fraction of sp³-hybridized carbons (Fsp3) is 0.476. The average molecular weight is 419 g/mol. The highest BCUT2D eigenvalue weighted by atomic mass is 32.2. The van der Waals surface area contributed by atoms with Crippen molar-refractivity contribution in [3.8, 4) is 0 Å². The molecule has 2 aliphatic rings. The molecule has 2 N–H and O–H groups in total. The van der Waals surface area contributed by atoms with Crippen molar-refractivity contribution < 1.29 is 22.8 Å². The maximum atomic E-state index is 13.0. The normalized spacial score (nSPS) is 21.4. The maximum Gasteiger partial charge on any atom is 0.275 e. The van der Waals surface area contributed by atoms with E-state index in [4.69, 9.17) is 4.74 Å². The van der Waals surface area contributed by atoms with Crippen LogP contribution in [-0.4, -0.2) is 70.6 Å². The van der Waals surface area contributed by atoms with Crippen LogP contribution >= 0.6 is 0 Å². The molecule has 0 saturated carbocycles. The monoisotopic (exact) mass is 418 g/mol. The zero-order chi connectivity index (χ0) is 20.3. The van der Waals surface area contributed by atoms with Gasteiger partial charge < -0.3 is 15.0 Å². The van der Waals surface area contributed by atoms with E-state index in [2.05, 4.69) is 5.32 Å². The van der Waals surface area contributed by atoms with Gasteiger partial charge in [0.25, 0.3) is 5.91 Å². The quantitative estimate of drug-likeness (QED) is 0.694. The molecule has 1 amide bonds. The van der Waals surface area contributed by atoms with Gasteiger partial charge in [-0.3, -0.25) is 4.79 Å². The molecule has 4 rings (SSSR count). The lowest BCUT2D eigenvalue weighted by molar-refractivity contribution is -0.895. The van der Waals surface area contributed by atoms with Crippen molar-refractivity contribution in [3.63, 3.8) is 0 Å². The number of sulfonamides is 1. The topological polar surface area (TPSA) is 80.2 Å². The summed E-state index contributed by atoms with van der Waals surface area (Å²) >= 11 is 0. The van der Waals surface area contributed by atoms with E-state index in [1.807, 2.05) is 30.3 Å². The largest absolute Gasteiger partial charge is 0.376 e. The van der Waals surface area contributed by atoms with E-state index >= 15 is 0 Å². The third-order valence-electron chi connectivity index (χ3n) is 5.75. The Morgan fingerprint density at radius 2 is 1.90 bits per heavy atom. The number of fused-ring (bicyclic) bond motifs is 1. The average Bonchev–Trinajstić information content (AvgIpc) is 3.26. The van der Waals surface area contributed by atoms with Gasteiger partial charge >= 0.3 is 0 Å². The predicted molar refractivity (Wildman–Crippen MR) is 110 cm³/mol. The summed E-state index contributed by atoms with van der Waals surface area (Å²) in [5.41, 5.74) is 0. The van der Waals surface area contributed by atoms with E-state index in [0.717, 1.165) is 35.1 Å². The summed E-state index contributed by atoms with van der Waals surface area (Å²) in [6, 6.07) is 13.0. The first-order chi connectivity index (χ1) is 14.0. The summed E-state index contributed by atoms with van der Waals surface area (Å²) < 4.78 is 33.1. The Balaban J connectivity index is 1.31. The van der Waals surface area contributed by atoms with E-state index < -0.39 is 10.0 Å². The molecule has 156 valence electrons. The maximum absolute atomic E-state index is 13.0. The Kier molecular flexibility index (Phi) is 6.15. The third kappa shape index (κ3) is 4.78. The van der Waals surface area contributed by atoms with Crippen molar-refractivity contribution in [3.05, 3.63) is 42.5 Å². The fourth-order valence-electron chi connectivity index (χ4n) is 4.02. The van der Waals surface area contributed by atoms with Crippen LogP contribution in [0.4, 0.5) is 0 Å². The van der Waals surface area contributed by atoms with Gasteiger partial charge in [-0.1, -0.05) is 30.3 Å². The number of amides is 1. The number of piperazine rings is 1. The van der Waals surface area contributed by atoms with Gasteiger partial charge in [0.2, 0.25) is 10.0 Å². The standard InChI is InChI=1S/C21H27N3O4S/c25-21(22-15-19-6-3-13-28-19)16-23-9-11-24(12-10-23)29(26,27)20-8-7-17-4-1-2-5-18(17)14-20/h1-2,4-5,7-8,14,19H,3,6,9-13,15-16H2,(H,22,25)/p+1/t19-/m1/s1. The summed E-state index contributed by atoms with van der Waals surface area (Å²) in [6.45, 7) is 3.80. The fourth-order valence-corrected chi connectivity index (χ4v) is 5.50. The molecule has 8 heteroatoms. The van der Waals surface area contributed by atoms with Crippen LogP contribution in [-0.2, 0) is 19.6 Å². The third-order valence-corrected chi connectivity index (χ3v) is 7.64. The van der Waals surface area contributed by atoms with Crippen LogP contribution in [0.2, 0.25) is 0 Å². The highest BCUT2D eigenvalue weighted by Crippen LogP contribution is 2.21. The lowest BCUT2D eigenvalue weighted by atomic mass is 10.1. The van der Waals surface area contributed by atoms with Crippen LogP contribution < -0.4 is 10.2 Å². The molecule has 0 unspecified atom stereocenters. The number of carbonyl (C=O) groups excluding carboxylic acids is 1. The van der Waals surface area contributed by atoms with Crippen molar-refractivity contribution in [2.75, 3.05) is 45.9 Å². The molecule has 0 aliphatic carbocycles. The second-order valence-corrected chi connectivity index (χ2v) is 9.72. The molecular formula is C21H28N3O4S+. The van der Waals surface area contributed by atoms with Crippen LogP contribution in [0.1, 0.15) is 12.8 Å². The Bertz CT molecular complexity index is 965. The van der Waals surface area contributed by atoms with E-state index in [-0.39, 0.29) is 12.0 Å². The van der Waals surface area contributed by atoms with E-state index in [9.17, 15) is 13.2 Å². The molecule has 0 radical (unpaired) electrons. The molecule has 2 aromatic carbocycles. The predicted octanol–water partition coefficient (Wildman–Crippen LogP) is 0.0242. The SMILES string of the molecule is O=C(C[NH+]1CCN(S(=O)(=O)c2ccc3ccccc3c2)CC1)NC[C@H]1CCCO1. The summed E-state index contributed by atoms with van der Waals surface area (Å²) in [5, 5.41) is 4.88. The second kappa shape index (κ2) is 8.79. The number of carbonyl (C=O) groups is 1. The summed E-state index contributed by atoms with van der Waals surface area (Å²) in [5.74, 6) is 0.00124. The number of benzene rings is 2. The molecule has 2 aliphatic heterocycles.